The fourth-order valence-corrected chi connectivity index (χ4v) is 2.00. The summed E-state index contributed by atoms with van der Waals surface area (Å²) in [5.74, 6) is 0.883. The van der Waals surface area contributed by atoms with Crippen LogP contribution >= 0.6 is 0 Å². The summed E-state index contributed by atoms with van der Waals surface area (Å²) in [6, 6.07) is 5.81. The van der Waals surface area contributed by atoms with Crippen molar-refractivity contribution < 1.29 is 4.74 Å². The van der Waals surface area contributed by atoms with Gasteiger partial charge < -0.3 is 20.7 Å². The van der Waals surface area contributed by atoms with E-state index >= 15 is 0 Å². The zero-order valence-corrected chi connectivity index (χ0v) is 8.36. The van der Waals surface area contributed by atoms with Crippen molar-refractivity contribution in [1.29, 1.82) is 0 Å². The molecule has 2 heterocycles. The van der Waals surface area contributed by atoms with Crippen LogP contribution in [0, 0.1) is 0 Å². The number of nitrogens with one attached hydrogen (secondary N) is 1. The molecule has 0 atom stereocenters. The molecule has 0 spiro atoms. The van der Waals surface area contributed by atoms with Crippen LogP contribution in [0.2, 0.25) is 0 Å². The van der Waals surface area contributed by atoms with Crippen LogP contribution in [0.4, 0.5) is 11.4 Å². The highest BCUT2D eigenvalue weighted by Gasteiger charge is 2.23. The fraction of sp³-hybridized carbons (Fsp3) is 0.273. The number of nitrogen functional groups attached to an aromatic ring is 1. The van der Waals surface area contributed by atoms with E-state index in [1.54, 1.807) is 0 Å². The number of benzene rings is 1. The molecule has 78 valence electrons. The third-order valence-corrected chi connectivity index (χ3v) is 2.75. The molecule has 3 rings (SSSR count). The van der Waals surface area contributed by atoms with Crippen LogP contribution in [-0.4, -0.2) is 19.7 Å². The number of nitrogens with two attached hydrogens (primary N) is 1. The summed E-state index contributed by atoms with van der Waals surface area (Å²) < 4.78 is 5.64. The lowest BCUT2D eigenvalue weighted by Gasteiger charge is -2.36. The lowest BCUT2D eigenvalue weighted by Crippen LogP contribution is -2.40. The van der Waals surface area contributed by atoms with Crippen molar-refractivity contribution in [2.75, 3.05) is 30.3 Å². The second-order valence-electron chi connectivity index (χ2n) is 3.76. The maximum Gasteiger partial charge on any atom is 0.145 e. The minimum Gasteiger partial charge on any atom is -0.485 e. The quantitative estimate of drug-likeness (QED) is 0.615. The van der Waals surface area contributed by atoms with E-state index in [0.717, 1.165) is 30.2 Å². The lowest BCUT2D eigenvalue weighted by molar-refractivity contribution is 0.331. The Labute approximate surface area is 88.3 Å². The van der Waals surface area contributed by atoms with Crippen molar-refractivity contribution in [3.05, 3.63) is 30.1 Å². The van der Waals surface area contributed by atoms with Crippen LogP contribution in [-0.2, 0) is 0 Å². The monoisotopic (exact) mass is 203 g/mol. The van der Waals surface area contributed by atoms with Crippen molar-refractivity contribution >= 4 is 11.4 Å². The second kappa shape index (κ2) is 3.08. The number of hydrogen-bond donors (Lipinski definition) is 2. The summed E-state index contributed by atoms with van der Waals surface area (Å²) in [4.78, 5) is 2.27. The Bertz CT molecular complexity index is 428. The van der Waals surface area contributed by atoms with E-state index in [9.17, 15) is 0 Å². The Morgan fingerprint density at radius 3 is 3.27 bits per heavy atom. The molecule has 0 saturated carbocycles. The van der Waals surface area contributed by atoms with Crippen molar-refractivity contribution in [1.82, 2.24) is 5.32 Å². The Morgan fingerprint density at radius 1 is 1.40 bits per heavy atom. The predicted octanol–water partition coefficient (Wildman–Crippen LogP) is 0.912. The van der Waals surface area contributed by atoms with E-state index in [1.165, 1.54) is 5.70 Å². The molecule has 4 nitrogen and oxygen atoms in total. The van der Waals surface area contributed by atoms with E-state index in [1.807, 2.05) is 24.4 Å². The minimum atomic E-state index is 0.615. The predicted molar refractivity (Wildman–Crippen MR) is 59.8 cm³/mol. The van der Waals surface area contributed by atoms with Gasteiger partial charge in [-0.3, -0.25) is 0 Å². The normalized spacial score (nSPS) is 18.1. The molecule has 2 aliphatic rings. The van der Waals surface area contributed by atoms with Crippen molar-refractivity contribution in [3.8, 4) is 5.75 Å². The number of nitrogens with zero attached hydrogens (tertiary/aromatic N) is 1. The van der Waals surface area contributed by atoms with Crippen LogP contribution in [0.3, 0.4) is 0 Å². The Hall–Kier alpha value is -1.84. The highest BCUT2D eigenvalue weighted by atomic mass is 16.5. The van der Waals surface area contributed by atoms with Gasteiger partial charge in [0.2, 0.25) is 0 Å². The summed E-state index contributed by atoms with van der Waals surface area (Å²) in [7, 11) is 0. The largest absolute Gasteiger partial charge is 0.485 e. The van der Waals surface area contributed by atoms with Gasteiger partial charge in [-0.05, 0) is 12.1 Å². The first-order valence-electron chi connectivity index (χ1n) is 5.07. The summed E-state index contributed by atoms with van der Waals surface area (Å²) in [5.41, 5.74) is 8.76. The molecule has 0 radical (unpaired) electrons. The number of hydrogen-bond acceptors (Lipinski definition) is 4. The maximum atomic E-state index is 5.72. The molecule has 0 amide bonds. The van der Waals surface area contributed by atoms with Gasteiger partial charge in [-0.1, -0.05) is 0 Å². The standard InChI is InChI=1S/C11H13N3O/c12-8-1-2-10-11(5-8)15-7-9-6-13-3-4-14(9)10/h1-2,5-6,13H,3-4,7,12H2. The Balaban J connectivity index is 2.08. The van der Waals surface area contributed by atoms with Gasteiger partial charge in [0.1, 0.15) is 12.4 Å². The average molecular weight is 203 g/mol. The molecule has 0 saturated heterocycles. The van der Waals surface area contributed by atoms with E-state index in [-0.39, 0.29) is 0 Å². The molecule has 0 fully saturated rings. The Morgan fingerprint density at radius 2 is 2.33 bits per heavy atom. The molecular formula is C11H13N3O. The highest BCUT2D eigenvalue weighted by Crippen LogP contribution is 2.36. The summed E-state index contributed by atoms with van der Waals surface area (Å²) >= 11 is 0. The second-order valence-corrected chi connectivity index (χ2v) is 3.76. The lowest BCUT2D eigenvalue weighted by atomic mass is 10.2. The van der Waals surface area contributed by atoms with E-state index in [2.05, 4.69) is 10.2 Å². The molecular weight excluding hydrogens is 190 g/mol. The molecule has 0 bridgehead atoms. The summed E-state index contributed by atoms with van der Waals surface area (Å²) in [5, 5.41) is 3.22. The first-order chi connectivity index (χ1) is 7.34. The molecule has 0 aromatic heterocycles. The number of ether oxygens (including phenoxy) is 1. The average Bonchev–Trinajstić information content (AvgIpc) is 2.28. The molecule has 15 heavy (non-hydrogen) atoms. The van der Waals surface area contributed by atoms with Crippen LogP contribution < -0.4 is 20.7 Å². The third-order valence-electron chi connectivity index (χ3n) is 2.75. The molecule has 1 aromatic carbocycles. The first-order valence-corrected chi connectivity index (χ1v) is 5.07. The fourth-order valence-electron chi connectivity index (χ4n) is 2.00. The van der Waals surface area contributed by atoms with Crippen molar-refractivity contribution in [2.24, 2.45) is 0 Å². The maximum absolute atomic E-state index is 5.72. The van der Waals surface area contributed by atoms with Crippen molar-refractivity contribution in [2.45, 2.75) is 0 Å². The van der Waals surface area contributed by atoms with Gasteiger partial charge in [-0.25, -0.2) is 0 Å². The van der Waals surface area contributed by atoms with Crippen LogP contribution in [0.1, 0.15) is 0 Å². The van der Waals surface area contributed by atoms with Gasteiger partial charge >= 0.3 is 0 Å². The number of fused-ring (bicyclic) bond motifs is 3. The van der Waals surface area contributed by atoms with Crippen molar-refractivity contribution in [3.63, 3.8) is 0 Å². The van der Waals surface area contributed by atoms with Gasteiger partial charge in [0.15, 0.2) is 0 Å². The topological polar surface area (TPSA) is 50.5 Å². The number of rotatable bonds is 0. The third kappa shape index (κ3) is 1.29. The SMILES string of the molecule is Nc1ccc2c(c1)OCC1=CNCCN12. The van der Waals surface area contributed by atoms with Crippen LogP contribution in [0.15, 0.2) is 30.1 Å². The van der Waals surface area contributed by atoms with E-state index < -0.39 is 0 Å². The van der Waals surface area contributed by atoms with Crippen LogP contribution in [0.5, 0.6) is 5.75 Å². The van der Waals surface area contributed by atoms with Gasteiger partial charge in [0, 0.05) is 31.0 Å². The van der Waals surface area contributed by atoms with Gasteiger partial charge in [0.25, 0.3) is 0 Å². The molecule has 2 aliphatic heterocycles. The van der Waals surface area contributed by atoms with Gasteiger partial charge in [-0.15, -0.1) is 0 Å². The van der Waals surface area contributed by atoms with E-state index in [0.29, 0.717) is 6.61 Å². The van der Waals surface area contributed by atoms with Crippen LogP contribution in [0.25, 0.3) is 0 Å². The highest BCUT2D eigenvalue weighted by molar-refractivity contribution is 5.68. The van der Waals surface area contributed by atoms with Gasteiger partial charge in [-0.2, -0.15) is 0 Å². The molecule has 4 heteroatoms. The zero-order valence-electron chi connectivity index (χ0n) is 8.36. The smallest absolute Gasteiger partial charge is 0.145 e. The molecule has 3 N–H and O–H groups in total. The zero-order chi connectivity index (χ0) is 10.3. The first kappa shape index (κ1) is 8.47. The van der Waals surface area contributed by atoms with Gasteiger partial charge in [0.05, 0.1) is 11.4 Å². The molecule has 0 unspecified atom stereocenters. The summed E-state index contributed by atoms with van der Waals surface area (Å²) in [6.45, 7) is 2.56. The molecule has 0 aliphatic carbocycles. The molecule has 1 aromatic rings. The summed E-state index contributed by atoms with van der Waals surface area (Å²) in [6.07, 6.45) is 2.02. The minimum absolute atomic E-state index is 0.615. The van der Waals surface area contributed by atoms with E-state index in [4.69, 9.17) is 10.5 Å². The Kier molecular flexibility index (Phi) is 1.74. The number of anilines is 2.